The van der Waals surface area contributed by atoms with Crippen LogP contribution in [-0.4, -0.2) is 61.3 Å². The van der Waals surface area contributed by atoms with Crippen LogP contribution >= 0.6 is 0 Å². The van der Waals surface area contributed by atoms with Crippen molar-refractivity contribution >= 4 is 27.6 Å². The van der Waals surface area contributed by atoms with Crippen LogP contribution in [0.2, 0.25) is 0 Å². The van der Waals surface area contributed by atoms with E-state index in [1.807, 2.05) is 0 Å². The number of ether oxygens (including phenoxy) is 2. The van der Waals surface area contributed by atoms with E-state index in [4.69, 9.17) is 14.6 Å². The predicted octanol–water partition coefficient (Wildman–Crippen LogP) is 0.0220. The maximum Gasteiger partial charge on any atom is 0.514 e. The number of aliphatic hydroxyl groups is 1. The topological polar surface area (TPSA) is 162 Å². The van der Waals surface area contributed by atoms with Gasteiger partial charge in [-0.3, -0.25) is 14.9 Å². The van der Waals surface area contributed by atoms with E-state index in [1.54, 1.807) is 0 Å². The summed E-state index contributed by atoms with van der Waals surface area (Å²) in [5, 5.41) is 21.2. The number of nitrogens with one attached hydrogen (secondary N) is 1. The van der Waals surface area contributed by atoms with Gasteiger partial charge in [0.15, 0.2) is 9.84 Å². The summed E-state index contributed by atoms with van der Waals surface area (Å²) < 4.78 is 33.3. The molecule has 1 aromatic carbocycles. The van der Waals surface area contributed by atoms with Gasteiger partial charge in [0.1, 0.15) is 18.5 Å². The van der Waals surface area contributed by atoms with Gasteiger partial charge in [0.25, 0.3) is 5.69 Å². The molecule has 0 heterocycles. The molecule has 0 aliphatic rings. The van der Waals surface area contributed by atoms with E-state index in [-0.39, 0.29) is 23.7 Å². The normalized spacial score (nSPS) is 12.1. The molecule has 0 aromatic heterocycles. The van der Waals surface area contributed by atoms with Gasteiger partial charge < -0.3 is 19.9 Å². The molecule has 0 fully saturated rings. The molecule has 26 heavy (non-hydrogen) atoms. The number of hydrogen-bond acceptors (Lipinski definition) is 9. The van der Waals surface area contributed by atoms with E-state index in [0.717, 1.165) is 12.1 Å². The van der Waals surface area contributed by atoms with Crippen LogP contribution in [0, 0.1) is 10.1 Å². The number of amides is 1. The Morgan fingerprint density at radius 2 is 1.92 bits per heavy atom. The van der Waals surface area contributed by atoms with E-state index in [9.17, 15) is 28.1 Å². The Kier molecular flexibility index (Phi) is 7.93. The molecule has 11 nitrogen and oxygen atoms in total. The molecule has 2 N–H and O–H groups in total. The molecule has 12 heteroatoms. The second-order valence-corrected chi connectivity index (χ2v) is 7.38. The molecular formula is C14H18N2O9S. The van der Waals surface area contributed by atoms with Gasteiger partial charge in [-0.1, -0.05) is 0 Å². The third-order valence-electron chi connectivity index (χ3n) is 2.91. The third-order valence-corrected chi connectivity index (χ3v) is 4.72. The molecule has 0 saturated carbocycles. The average molecular weight is 390 g/mol. The Hall–Kier alpha value is -2.73. The van der Waals surface area contributed by atoms with E-state index in [1.165, 1.54) is 19.1 Å². The fourth-order valence-electron chi connectivity index (χ4n) is 1.80. The Bertz CT molecular complexity index is 746. The van der Waals surface area contributed by atoms with Gasteiger partial charge in [-0.2, -0.15) is 0 Å². The molecule has 0 aliphatic carbocycles. The first-order valence-electron chi connectivity index (χ1n) is 7.34. The van der Waals surface area contributed by atoms with Crippen molar-refractivity contribution < 1.29 is 37.5 Å². The minimum absolute atomic E-state index is 0.00220. The van der Waals surface area contributed by atoms with Crippen LogP contribution in [0.5, 0.6) is 5.75 Å². The molecule has 1 rings (SSSR count). The number of sulfone groups is 1. The van der Waals surface area contributed by atoms with Crippen LogP contribution in [0.25, 0.3) is 0 Å². The third kappa shape index (κ3) is 7.90. The molecule has 0 spiro atoms. The van der Waals surface area contributed by atoms with Crippen molar-refractivity contribution in [3.63, 3.8) is 0 Å². The highest BCUT2D eigenvalue weighted by Gasteiger charge is 2.20. The molecule has 0 bridgehead atoms. The Morgan fingerprint density at radius 3 is 2.46 bits per heavy atom. The highest BCUT2D eigenvalue weighted by Crippen LogP contribution is 2.18. The molecule has 0 saturated heterocycles. The van der Waals surface area contributed by atoms with E-state index < -0.39 is 45.3 Å². The predicted molar refractivity (Wildman–Crippen MR) is 88.4 cm³/mol. The monoisotopic (exact) mass is 390 g/mol. The minimum Gasteiger partial charge on any atom is -0.430 e. The molecule has 144 valence electrons. The van der Waals surface area contributed by atoms with Crippen molar-refractivity contribution in [3.8, 4) is 5.75 Å². The summed E-state index contributed by atoms with van der Waals surface area (Å²) in [5.41, 5.74) is -0.182. The van der Waals surface area contributed by atoms with Crippen LogP contribution in [-0.2, 0) is 19.4 Å². The molecule has 1 unspecified atom stereocenters. The molecule has 0 aliphatic heterocycles. The van der Waals surface area contributed by atoms with Gasteiger partial charge in [0.05, 0.1) is 16.4 Å². The summed E-state index contributed by atoms with van der Waals surface area (Å²) in [6.45, 7) is 0.427. The van der Waals surface area contributed by atoms with E-state index >= 15 is 0 Å². The van der Waals surface area contributed by atoms with E-state index in [2.05, 4.69) is 5.32 Å². The second kappa shape index (κ2) is 9.68. The van der Waals surface area contributed by atoms with Gasteiger partial charge in [-0.05, 0) is 19.1 Å². The summed E-state index contributed by atoms with van der Waals surface area (Å²) in [7, 11) is -3.62. The lowest BCUT2D eigenvalue weighted by atomic mass is 10.3. The Morgan fingerprint density at radius 1 is 1.31 bits per heavy atom. The van der Waals surface area contributed by atoms with Crippen LogP contribution in [0.3, 0.4) is 0 Å². The number of carbonyl (C=O) groups is 2. The largest absolute Gasteiger partial charge is 0.514 e. The van der Waals surface area contributed by atoms with Gasteiger partial charge >= 0.3 is 6.16 Å². The van der Waals surface area contributed by atoms with Crippen LogP contribution in [0.15, 0.2) is 24.3 Å². The molecule has 1 aromatic rings. The van der Waals surface area contributed by atoms with Crippen LogP contribution < -0.4 is 10.1 Å². The minimum atomic E-state index is -3.62. The zero-order valence-electron chi connectivity index (χ0n) is 13.8. The summed E-state index contributed by atoms with van der Waals surface area (Å²) in [5.74, 6) is -1.57. The van der Waals surface area contributed by atoms with Gasteiger partial charge in [-0.15, -0.1) is 0 Å². The quantitative estimate of drug-likeness (QED) is 0.256. The average Bonchev–Trinajstić information content (AvgIpc) is 2.53. The zero-order chi connectivity index (χ0) is 19.7. The van der Waals surface area contributed by atoms with Crippen LogP contribution in [0.4, 0.5) is 10.5 Å². The smallest absolute Gasteiger partial charge is 0.430 e. The van der Waals surface area contributed by atoms with Gasteiger partial charge in [0.2, 0.25) is 5.91 Å². The van der Waals surface area contributed by atoms with Crippen molar-refractivity contribution in [1.82, 2.24) is 5.32 Å². The second-order valence-electron chi connectivity index (χ2n) is 5.15. The lowest BCUT2D eigenvalue weighted by Crippen LogP contribution is -2.34. The number of rotatable bonds is 9. The van der Waals surface area contributed by atoms with Crippen molar-refractivity contribution in [2.75, 3.05) is 24.7 Å². The number of carbonyl (C=O) groups excluding carboxylic acids is 2. The fraction of sp³-hybridized carbons (Fsp3) is 0.429. The number of aliphatic hydroxyl groups excluding tert-OH is 1. The van der Waals surface area contributed by atoms with Crippen LogP contribution in [0.1, 0.15) is 6.92 Å². The highest BCUT2D eigenvalue weighted by atomic mass is 32.2. The fourth-order valence-corrected chi connectivity index (χ4v) is 3.16. The lowest BCUT2D eigenvalue weighted by molar-refractivity contribution is -0.384. The maximum atomic E-state index is 11.8. The standard InChI is InChI=1S/C14H18N2O9S/c1-10(9-26(22,23)7-6-15-13(18)8-17)24-14(19)25-12-4-2-11(3-5-12)16(20)21/h2-5,10,17H,6-9H2,1H3,(H,15,18). The number of nitro groups is 1. The molecular weight excluding hydrogens is 372 g/mol. The Balaban J connectivity index is 2.45. The summed E-state index contributed by atoms with van der Waals surface area (Å²) in [4.78, 5) is 32.3. The lowest BCUT2D eigenvalue weighted by Gasteiger charge is -2.13. The summed E-state index contributed by atoms with van der Waals surface area (Å²) >= 11 is 0. The number of nitrogens with zero attached hydrogens (tertiary/aromatic N) is 1. The molecule has 1 atom stereocenters. The summed E-state index contributed by atoms with van der Waals surface area (Å²) in [6, 6.07) is 4.67. The van der Waals surface area contributed by atoms with Crippen molar-refractivity contribution in [3.05, 3.63) is 34.4 Å². The van der Waals surface area contributed by atoms with E-state index in [0.29, 0.717) is 0 Å². The number of benzene rings is 1. The Labute approximate surface area is 149 Å². The number of nitro benzene ring substituents is 1. The number of hydrogen-bond donors (Lipinski definition) is 2. The zero-order valence-corrected chi connectivity index (χ0v) is 14.6. The first-order chi connectivity index (χ1) is 12.1. The van der Waals surface area contributed by atoms with Gasteiger partial charge in [-0.25, -0.2) is 13.2 Å². The highest BCUT2D eigenvalue weighted by molar-refractivity contribution is 7.91. The molecule has 0 radical (unpaired) electrons. The van der Waals surface area contributed by atoms with Crippen molar-refractivity contribution in [2.45, 2.75) is 13.0 Å². The number of non-ortho nitro benzene ring substituents is 1. The molecule has 1 amide bonds. The first kappa shape index (κ1) is 21.3. The SMILES string of the molecule is CC(CS(=O)(=O)CCNC(=O)CO)OC(=O)Oc1ccc([N+](=O)[O-])cc1. The van der Waals surface area contributed by atoms with Gasteiger partial charge in [0, 0.05) is 18.7 Å². The van der Waals surface area contributed by atoms with Crippen molar-refractivity contribution in [1.29, 1.82) is 0 Å². The van der Waals surface area contributed by atoms with Crippen molar-refractivity contribution in [2.24, 2.45) is 0 Å². The first-order valence-corrected chi connectivity index (χ1v) is 9.16. The maximum absolute atomic E-state index is 11.8. The summed E-state index contributed by atoms with van der Waals surface area (Å²) in [6.07, 6.45) is -2.17.